The maximum atomic E-state index is 12.1. The highest BCUT2D eigenvalue weighted by atomic mass is 16.1. The van der Waals surface area contributed by atoms with Crippen LogP contribution in [-0.2, 0) is 4.79 Å². The number of nitrogens with zero attached hydrogens (tertiary/aromatic N) is 1. The fourth-order valence-electron chi connectivity index (χ4n) is 1.99. The lowest BCUT2D eigenvalue weighted by Gasteiger charge is -2.39. The molecule has 0 atom stereocenters. The van der Waals surface area contributed by atoms with E-state index in [0.29, 0.717) is 0 Å². The molecule has 0 radical (unpaired) electrons. The second-order valence-corrected chi connectivity index (χ2v) is 5.54. The summed E-state index contributed by atoms with van der Waals surface area (Å²) in [6, 6.07) is 0. The molecule has 0 aromatic rings. The molecule has 1 fully saturated rings. The van der Waals surface area contributed by atoms with Gasteiger partial charge in [0.25, 0.3) is 0 Å². The van der Waals surface area contributed by atoms with Gasteiger partial charge in [-0.05, 0) is 19.9 Å². The molecule has 0 saturated carbocycles. The lowest BCUT2D eigenvalue weighted by atomic mass is 9.74. The van der Waals surface area contributed by atoms with Crippen LogP contribution < -0.4 is 5.73 Å². The monoisotopic (exact) mass is 198 g/mol. The summed E-state index contributed by atoms with van der Waals surface area (Å²) in [5.41, 5.74) is 5.28. The quantitative estimate of drug-likeness (QED) is 0.684. The summed E-state index contributed by atoms with van der Waals surface area (Å²) in [5, 5.41) is 0. The molecule has 0 aliphatic carbocycles. The molecular weight excluding hydrogens is 176 g/mol. The third-order valence-electron chi connectivity index (χ3n) is 3.01. The standard InChI is InChI=1S/C11H22N2O/c1-10(2,3)9(14)11(12)5-7-13(4)8-6-11/h5-8,12H2,1-4H3. The molecule has 0 aromatic carbocycles. The summed E-state index contributed by atoms with van der Waals surface area (Å²) in [6.07, 6.45) is 1.58. The van der Waals surface area contributed by atoms with Gasteiger partial charge in [0.2, 0.25) is 0 Å². The first-order valence-corrected chi connectivity index (χ1v) is 5.28. The fourth-order valence-corrected chi connectivity index (χ4v) is 1.99. The highest BCUT2D eigenvalue weighted by Gasteiger charge is 2.41. The van der Waals surface area contributed by atoms with E-state index >= 15 is 0 Å². The Bertz CT molecular complexity index is 222. The fraction of sp³-hybridized carbons (Fsp3) is 0.909. The molecule has 1 aliphatic rings. The average Bonchev–Trinajstić information content (AvgIpc) is 2.08. The van der Waals surface area contributed by atoms with Gasteiger partial charge < -0.3 is 10.6 Å². The van der Waals surface area contributed by atoms with Gasteiger partial charge in [-0.25, -0.2) is 0 Å². The van der Waals surface area contributed by atoms with E-state index in [4.69, 9.17) is 5.73 Å². The van der Waals surface area contributed by atoms with Crippen molar-refractivity contribution in [2.45, 2.75) is 39.2 Å². The van der Waals surface area contributed by atoms with Crippen LogP contribution in [0.4, 0.5) is 0 Å². The Balaban J connectivity index is 2.72. The number of Topliss-reactive ketones (excluding diaryl/α,β-unsaturated/α-hetero) is 1. The van der Waals surface area contributed by atoms with Gasteiger partial charge in [0.15, 0.2) is 5.78 Å². The van der Waals surface area contributed by atoms with Crippen LogP contribution in [0.2, 0.25) is 0 Å². The van der Waals surface area contributed by atoms with Crippen LogP contribution in [0.15, 0.2) is 0 Å². The van der Waals surface area contributed by atoms with Crippen molar-refractivity contribution in [3.8, 4) is 0 Å². The first-order valence-electron chi connectivity index (χ1n) is 5.28. The smallest absolute Gasteiger partial charge is 0.158 e. The van der Waals surface area contributed by atoms with Crippen molar-refractivity contribution in [2.24, 2.45) is 11.1 Å². The van der Waals surface area contributed by atoms with E-state index in [1.807, 2.05) is 20.8 Å². The van der Waals surface area contributed by atoms with E-state index in [1.54, 1.807) is 0 Å². The highest BCUT2D eigenvalue weighted by molar-refractivity contribution is 5.92. The minimum Gasteiger partial charge on any atom is -0.319 e. The zero-order chi connectivity index (χ0) is 11.0. The topological polar surface area (TPSA) is 46.3 Å². The Morgan fingerprint density at radius 3 is 2.07 bits per heavy atom. The predicted octanol–water partition coefficient (Wildman–Crippen LogP) is 1.02. The SMILES string of the molecule is CN1CCC(N)(C(=O)C(C)(C)C)CC1. The van der Waals surface area contributed by atoms with Crippen LogP contribution in [0, 0.1) is 5.41 Å². The van der Waals surface area contributed by atoms with Gasteiger partial charge in [-0.1, -0.05) is 20.8 Å². The van der Waals surface area contributed by atoms with Crippen LogP contribution in [-0.4, -0.2) is 36.4 Å². The number of hydrogen-bond donors (Lipinski definition) is 1. The van der Waals surface area contributed by atoms with Crippen LogP contribution in [0.25, 0.3) is 0 Å². The Morgan fingerprint density at radius 2 is 1.71 bits per heavy atom. The van der Waals surface area contributed by atoms with Gasteiger partial charge in [-0.2, -0.15) is 0 Å². The van der Waals surface area contributed by atoms with Crippen molar-refractivity contribution in [3.05, 3.63) is 0 Å². The maximum Gasteiger partial charge on any atom is 0.158 e. The number of ketones is 1. The highest BCUT2D eigenvalue weighted by Crippen LogP contribution is 2.28. The lowest BCUT2D eigenvalue weighted by Crippen LogP contribution is -2.58. The van der Waals surface area contributed by atoms with E-state index in [-0.39, 0.29) is 11.2 Å². The van der Waals surface area contributed by atoms with E-state index in [9.17, 15) is 4.79 Å². The van der Waals surface area contributed by atoms with Crippen molar-refractivity contribution < 1.29 is 4.79 Å². The molecular formula is C11H22N2O. The van der Waals surface area contributed by atoms with Crippen LogP contribution >= 0.6 is 0 Å². The Labute approximate surface area is 86.6 Å². The van der Waals surface area contributed by atoms with Crippen LogP contribution in [0.3, 0.4) is 0 Å². The van der Waals surface area contributed by atoms with Gasteiger partial charge in [0, 0.05) is 18.5 Å². The minimum absolute atomic E-state index is 0.207. The third-order valence-corrected chi connectivity index (χ3v) is 3.01. The molecule has 0 spiro atoms. The van der Waals surface area contributed by atoms with E-state index in [0.717, 1.165) is 25.9 Å². The number of rotatable bonds is 1. The number of piperidine rings is 1. The summed E-state index contributed by atoms with van der Waals surface area (Å²) in [6.45, 7) is 7.70. The maximum absolute atomic E-state index is 12.1. The van der Waals surface area contributed by atoms with Crippen LogP contribution in [0.1, 0.15) is 33.6 Å². The summed E-state index contributed by atoms with van der Waals surface area (Å²) < 4.78 is 0. The minimum atomic E-state index is -0.579. The predicted molar refractivity (Wildman–Crippen MR) is 58.1 cm³/mol. The van der Waals surface area contributed by atoms with Gasteiger partial charge in [0.1, 0.15) is 0 Å². The van der Waals surface area contributed by atoms with Gasteiger partial charge >= 0.3 is 0 Å². The van der Waals surface area contributed by atoms with E-state index < -0.39 is 5.54 Å². The zero-order valence-corrected chi connectivity index (χ0v) is 9.76. The summed E-state index contributed by atoms with van der Waals surface area (Å²) in [5.74, 6) is 0.207. The molecule has 14 heavy (non-hydrogen) atoms. The Morgan fingerprint density at radius 1 is 1.29 bits per heavy atom. The number of carbonyl (C=O) groups excluding carboxylic acids is 1. The summed E-state index contributed by atoms with van der Waals surface area (Å²) >= 11 is 0. The van der Waals surface area contributed by atoms with Crippen molar-refractivity contribution >= 4 is 5.78 Å². The first kappa shape index (κ1) is 11.7. The molecule has 0 unspecified atom stereocenters. The second-order valence-electron chi connectivity index (χ2n) is 5.54. The number of likely N-dealkylation sites (tertiary alicyclic amines) is 1. The Hall–Kier alpha value is -0.410. The van der Waals surface area contributed by atoms with E-state index in [2.05, 4.69) is 11.9 Å². The molecule has 3 heteroatoms. The average molecular weight is 198 g/mol. The lowest BCUT2D eigenvalue weighted by molar-refractivity contribution is -0.133. The summed E-state index contributed by atoms with van der Waals surface area (Å²) in [4.78, 5) is 14.3. The molecule has 1 saturated heterocycles. The first-order chi connectivity index (χ1) is 6.26. The molecule has 0 amide bonds. The van der Waals surface area contributed by atoms with Crippen molar-refractivity contribution in [2.75, 3.05) is 20.1 Å². The van der Waals surface area contributed by atoms with Gasteiger partial charge in [-0.3, -0.25) is 4.79 Å². The summed E-state index contributed by atoms with van der Waals surface area (Å²) in [7, 11) is 2.07. The molecule has 1 rings (SSSR count). The normalized spacial score (nSPS) is 23.5. The van der Waals surface area contributed by atoms with E-state index in [1.165, 1.54) is 0 Å². The molecule has 2 N–H and O–H groups in total. The molecule has 3 nitrogen and oxygen atoms in total. The van der Waals surface area contributed by atoms with Crippen molar-refractivity contribution in [1.29, 1.82) is 0 Å². The van der Waals surface area contributed by atoms with Crippen molar-refractivity contribution in [1.82, 2.24) is 4.90 Å². The molecule has 1 heterocycles. The molecule has 1 aliphatic heterocycles. The largest absolute Gasteiger partial charge is 0.319 e. The molecule has 0 aromatic heterocycles. The molecule has 0 bridgehead atoms. The number of nitrogens with two attached hydrogens (primary N) is 1. The molecule has 82 valence electrons. The van der Waals surface area contributed by atoms with Crippen molar-refractivity contribution in [3.63, 3.8) is 0 Å². The zero-order valence-electron chi connectivity index (χ0n) is 9.76. The second kappa shape index (κ2) is 3.63. The number of carbonyl (C=O) groups is 1. The Kier molecular flexibility index (Phi) is 3.02. The van der Waals surface area contributed by atoms with Gasteiger partial charge in [0.05, 0.1) is 5.54 Å². The number of hydrogen-bond acceptors (Lipinski definition) is 3. The third kappa shape index (κ3) is 2.34. The van der Waals surface area contributed by atoms with Crippen LogP contribution in [0.5, 0.6) is 0 Å². The van der Waals surface area contributed by atoms with Gasteiger partial charge in [-0.15, -0.1) is 0 Å².